The van der Waals surface area contributed by atoms with Gasteiger partial charge in [-0.05, 0) is 62.4 Å². The van der Waals surface area contributed by atoms with E-state index >= 15 is 0 Å². The molecule has 258 valence electrons. The van der Waals surface area contributed by atoms with Crippen LogP contribution in [0.1, 0.15) is 40.9 Å². The molecular formula is C51H33N3O. The largest absolute Gasteiger partial charge is 0.456 e. The molecule has 3 unspecified atom stereocenters. The quantitative estimate of drug-likeness (QED) is 0.184. The van der Waals surface area contributed by atoms with Crippen LogP contribution >= 0.6 is 0 Å². The van der Waals surface area contributed by atoms with Crippen molar-refractivity contribution in [1.29, 1.82) is 0 Å². The molecule has 1 spiro atoms. The summed E-state index contributed by atoms with van der Waals surface area (Å²) in [5, 5.41) is 4.77. The number of hydrogen-bond donors (Lipinski definition) is 0. The van der Waals surface area contributed by atoms with E-state index in [1.807, 2.05) is 36.4 Å². The number of nitrogens with zero attached hydrogens (tertiary/aromatic N) is 3. The van der Waals surface area contributed by atoms with E-state index in [9.17, 15) is 0 Å². The molecule has 55 heavy (non-hydrogen) atoms. The minimum Gasteiger partial charge on any atom is -0.456 e. The standard InChI is InChI=1S/C51H33N3O/c1-50-30-34(49-53-47(32-13-3-2-4-14-32)52-48(54-49)33-25-27-37-36-18-7-10-24-44(36)55-45(37)29-33)26-28-40(50)39-19-6-9-22-42(39)51(50)41-21-8-5-17-35(41)38-20-11-15-31-16-12-23-43(51)46(31)38/h2-30,40H,1H3. The van der Waals surface area contributed by atoms with E-state index in [2.05, 4.69) is 146 Å². The number of aromatic nitrogens is 3. The molecule has 3 aliphatic carbocycles. The van der Waals surface area contributed by atoms with Gasteiger partial charge in [-0.3, -0.25) is 0 Å². The minimum atomic E-state index is -0.473. The average Bonchev–Trinajstić information content (AvgIpc) is 3.73. The van der Waals surface area contributed by atoms with Crippen LogP contribution in [0.5, 0.6) is 0 Å². The van der Waals surface area contributed by atoms with Gasteiger partial charge in [0.15, 0.2) is 17.5 Å². The van der Waals surface area contributed by atoms with E-state index in [0.717, 1.165) is 38.6 Å². The van der Waals surface area contributed by atoms with Gasteiger partial charge in [0.05, 0.1) is 5.41 Å². The molecule has 0 N–H and O–H groups in total. The molecule has 0 fully saturated rings. The number of allylic oxidation sites excluding steroid dienone is 4. The predicted molar refractivity (Wildman–Crippen MR) is 222 cm³/mol. The van der Waals surface area contributed by atoms with E-state index in [0.29, 0.717) is 17.5 Å². The van der Waals surface area contributed by atoms with Gasteiger partial charge in [0.25, 0.3) is 0 Å². The first-order valence-electron chi connectivity index (χ1n) is 19.0. The van der Waals surface area contributed by atoms with Gasteiger partial charge in [0.1, 0.15) is 11.2 Å². The highest BCUT2D eigenvalue weighted by Gasteiger charge is 2.63. The summed E-state index contributed by atoms with van der Waals surface area (Å²) in [4.78, 5) is 15.6. The van der Waals surface area contributed by atoms with Crippen LogP contribution in [0.2, 0.25) is 0 Å². The fraction of sp³-hybridized carbons (Fsp3) is 0.0784. The minimum absolute atomic E-state index is 0.131. The van der Waals surface area contributed by atoms with Crippen LogP contribution in [0, 0.1) is 5.41 Å². The summed E-state index contributed by atoms with van der Waals surface area (Å²) in [5.74, 6) is 2.03. The molecule has 7 aromatic carbocycles. The second-order valence-electron chi connectivity index (χ2n) is 15.3. The molecule has 0 saturated heterocycles. The van der Waals surface area contributed by atoms with Crippen molar-refractivity contribution >= 4 is 38.3 Å². The van der Waals surface area contributed by atoms with Crippen LogP contribution in [-0.2, 0) is 5.41 Å². The summed E-state index contributed by atoms with van der Waals surface area (Å²) >= 11 is 0. The van der Waals surface area contributed by atoms with Crippen molar-refractivity contribution < 1.29 is 4.42 Å². The fourth-order valence-electron chi connectivity index (χ4n) is 10.3. The number of para-hydroxylation sites is 1. The second-order valence-corrected chi connectivity index (χ2v) is 15.3. The number of benzene rings is 7. The highest BCUT2D eigenvalue weighted by molar-refractivity contribution is 6.06. The van der Waals surface area contributed by atoms with Crippen LogP contribution in [0.4, 0.5) is 0 Å². The Morgan fingerprint density at radius 2 is 1.20 bits per heavy atom. The number of hydrogen-bond acceptors (Lipinski definition) is 4. The van der Waals surface area contributed by atoms with Gasteiger partial charge in [-0.2, -0.15) is 0 Å². The summed E-state index contributed by atoms with van der Waals surface area (Å²) in [6.07, 6.45) is 7.12. The van der Waals surface area contributed by atoms with Crippen molar-refractivity contribution in [3.05, 3.63) is 204 Å². The van der Waals surface area contributed by atoms with Gasteiger partial charge >= 0.3 is 0 Å². The maximum absolute atomic E-state index is 6.31. The van der Waals surface area contributed by atoms with E-state index in [4.69, 9.17) is 19.4 Å². The zero-order valence-electron chi connectivity index (χ0n) is 30.1. The average molecular weight is 704 g/mol. The van der Waals surface area contributed by atoms with Gasteiger partial charge < -0.3 is 4.42 Å². The molecular weight excluding hydrogens is 671 g/mol. The molecule has 12 rings (SSSR count). The number of rotatable bonds is 3. The summed E-state index contributed by atoms with van der Waals surface area (Å²) in [7, 11) is 0. The first kappa shape index (κ1) is 30.5. The summed E-state index contributed by atoms with van der Waals surface area (Å²) < 4.78 is 6.31. The highest BCUT2D eigenvalue weighted by atomic mass is 16.3. The Bertz CT molecular complexity index is 3130. The van der Waals surface area contributed by atoms with Gasteiger partial charge in [-0.25, -0.2) is 15.0 Å². The summed E-state index contributed by atoms with van der Waals surface area (Å²) in [6, 6.07) is 56.4. The molecule has 0 aliphatic heterocycles. The first-order chi connectivity index (χ1) is 27.1. The topological polar surface area (TPSA) is 51.8 Å². The Hall–Kier alpha value is -6.91. The van der Waals surface area contributed by atoms with Crippen molar-refractivity contribution in [3.8, 4) is 33.9 Å². The number of furan rings is 1. The Morgan fingerprint density at radius 1 is 0.527 bits per heavy atom. The van der Waals surface area contributed by atoms with Crippen LogP contribution in [-0.4, -0.2) is 15.0 Å². The lowest BCUT2D eigenvalue weighted by Crippen LogP contribution is -2.45. The fourth-order valence-corrected chi connectivity index (χ4v) is 10.3. The van der Waals surface area contributed by atoms with Crippen molar-refractivity contribution in [2.45, 2.75) is 18.3 Å². The maximum Gasteiger partial charge on any atom is 0.164 e. The molecule has 4 heteroatoms. The van der Waals surface area contributed by atoms with Crippen molar-refractivity contribution in [1.82, 2.24) is 15.0 Å². The Kier molecular flexibility index (Phi) is 6.14. The van der Waals surface area contributed by atoms with Gasteiger partial charge in [0.2, 0.25) is 0 Å². The van der Waals surface area contributed by atoms with Crippen molar-refractivity contribution in [2.24, 2.45) is 5.41 Å². The molecule has 0 bridgehead atoms. The molecule has 2 aromatic heterocycles. The summed E-state index contributed by atoms with van der Waals surface area (Å²) in [6.45, 7) is 2.46. The first-order valence-corrected chi connectivity index (χ1v) is 19.0. The van der Waals surface area contributed by atoms with E-state index in [-0.39, 0.29) is 5.92 Å². The Balaban J connectivity index is 1.11. The van der Waals surface area contributed by atoms with Crippen LogP contribution < -0.4 is 0 Å². The predicted octanol–water partition coefficient (Wildman–Crippen LogP) is 12.3. The highest BCUT2D eigenvalue weighted by Crippen LogP contribution is 2.70. The monoisotopic (exact) mass is 703 g/mol. The summed E-state index contributed by atoms with van der Waals surface area (Å²) in [5.41, 5.74) is 11.6. The Labute approximate surface area is 318 Å². The third kappa shape index (κ3) is 4.03. The molecule has 9 aromatic rings. The zero-order valence-corrected chi connectivity index (χ0v) is 30.1. The number of fused-ring (bicyclic) bond motifs is 12. The molecule has 0 amide bonds. The maximum atomic E-state index is 6.31. The van der Waals surface area contributed by atoms with Crippen molar-refractivity contribution in [2.75, 3.05) is 0 Å². The molecule has 3 atom stereocenters. The SMILES string of the molecule is CC12C=C(c3nc(-c4ccccc4)nc(-c4ccc5c(c4)oc4ccccc45)n3)C=CC1c1ccccc1C21c2ccccc2-c2cccc3cccc1c23. The molecule has 4 nitrogen and oxygen atoms in total. The molecule has 0 radical (unpaired) electrons. The molecule has 3 aliphatic rings. The van der Waals surface area contributed by atoms with Gasteiger partial charge in [-0.15, -0.1) is 0 Å². The van der Waals surface area contributed by atoms with E-state index in [1.165, 1.54) is 44.2 Å². The lowest BCUT2D eigenvalue weighted by Gasteiger charge is -2.50. The lowest BCUT2D eigenvalue weighted by atomic mass is 9.51. The van der Waals surface area contributed by atoms with Crippen LogP contribution in [0.15, 0.2) is 180 Å². The lowest BCUT2D eigenvalue weighted by molar-refractivity contribution is 0.291. The normalized spacial score (nSPS) is 20.5. The molecule has 2 heterocycles. The van der Waals surface area contributed by atoms with Gasteiger partial charge in [0, 0.05) is 38.8 Å². The third-order valence-electron chi connectivity index (χ3n) is 12.6. The van der Waals surface area contributed by atoms with E-state index < -0.39 is 10.8 Å². The van der Waals surface area contributed by atoms with Crippen molar-refractivity contribution in [3.63, 3.8) is 0 Å². The second kappa shape index (κ2) is 11.1. The third-order valence-corrected chi connectivity index (χ3v) is 12.6. The van der Waals surface area contributed by atoms with Crippen LogP contribution in [0.3, 0.4) is 0 Å². The van der Waals surface area contributed by atoms with E-state index in [1.54, 1.807) is 0 Å². The smallest absolute Gasteiger partial charge is 0.164 e. The molecule has 0 saturated carbocycles. The zero-order chi connectivity index (χ0) is 36.3. The van der Waals surface area contributed by atoms with Crippen LogP contribution in [0.25, 0.3) is 72.2 Å². The Morgan fingerprint density at radius 3 is 2.09 bits per heavy atom. The van der Waals surface area contributed by atoms with Gasteiger partial charge in [-0.1, -0.05) is 165 Å².